The molecule has 0 saturated heterocycles. The largest absolute Gasteiger partial charge is 0.490 e. The van der Waals surface area contributed by atoms with Crippen molar-refractivity contribution in [2.75, 3.05) is 31.9 Å². The summed E-state index contributed by atoms with van der Waals surface area (Å²) in [5.74, 6) is 1.36. The van der Waals surface area contributed by atoms with E-state index >= 15 is 0 Å². The van der Waals surface area contributed by atoms with E-state index in [0.29, 0.717) is 24.0 Å². The number of hydrogen-bond acceptors (Lipinski definition) is 6. The molecule has 84 valence electrons. The first-order valence-electron chi connectivity index (χ1n) is 4.59. The van der Waals surface area contributed by atoms with Gasteiger partial charge in [0.15, 0.2) is 11.6 Å². The second kappa shape index (κ2) is 5.35. The highest BCUT2D eigenvalue weighted by Crippen LogP contribution is 2.26. The highest BCUT2D eigenvalue weighted by Gasteiger charge is 2.11. The quantitative estimate of drug-likeness (QED) is 0.740. The number of methoxy groups -OCH3 is 2. The van der Waals surface area contributed by atoms with Crippen LogP contribution in [0.15, 0.2) is 6.33 Å². The van der Waals surface area contributed by atoms with Crippen LogP contribution in [0, 0.1) is 0 Å². The third-order valence-corrected chi connectivity index (χ3v) is 1.84. The normalized spacial score (nSPS) is 12.2. The molecule has 0 radical (unpaired) electrons. The Hall–Kier alpha value is -1.56. The van der Waals surface area contributed by atoms with Crippen molar-refractivity contribution in [3.05, 3.63) is 6.33 Å². The molecule has 0 aliphatic heterocycles. The average Bonchev–Trinajstić information content (AvgIpc) is 2.18. The molecular formula is C9H16N4O2. The lowest BCUT2D eigenvalue weighted by molar-refractivity contribution is 0.190. The molecule has 15 heavy (non-hydrogen) atoms. The van der Waals surface area contributed by atoms with Gasteiger partial charge in [-0.15, -0.1) is 0 Å². The fourth-order valence-electron chi connectivity index (χ4n) is 1.22. The average molecular weight is 212 g/mol. The van der Waals surface area contributed by atoms with E-state index in [9.17, 15) is 0 Å². The molecule has 0 amide bonds. The second-order valence-corrected chi connectivity index (χ2v) is 3.14. The van der Waals surface area contributed by atoms with Crippen molar-refractivity contribution < 1.29 is 9.47 Å². The maximum Gasteiger partial charge on any atom is 0.203 e. The number of rotatable bonds is 5. The van der Waals surface area contributed by atoms with Crippen LogP contribution in [0.25, 0.3) is 0 Å². The van der Waals surface area contributed by atoms with Crippen LogP contribution in [-0.2, 0) is 4.74 Å². The predicted molar refractivity (Wildman–Crippen MR) is 58.0 cm³/mol. The lowest BCUT2D eigenvalue weighted by Gasteiger charge is -2.15. The molecule has 3 N–H and O–H groups in total. The smallest absolute Gasteiger partial charge is 0.203 e. The lowest BCUT2D eigenvalue weighted by atomic mass is 10.3. The van der Waals surface area contributed by atoms with Crippen molar-refractivity contribution in [2.24, 2.45) is 0 Å². The van der Waals surface area contributed by atoms with Gasteiger partial charge in [0.1, 0.15) is 6.33 Å². The van der Waals surface area contributed by atoms with E-state index in [2.05, 4.69) is 15.3 Å². The Kier molecular flexibility index (Phi) is 4.11. The Bertz CT molecular complexity index is 319. The van der Waals surface area contributed by atoms with E-state index in [0.717, 1.165) is 0 Å². The van der Waals surface area contributed by atoms with Crippen molar-refractivity contribution in [1.82, 2.24) is 9.97 Å². The number of hydrogen-bond donors (Lipinski definition) is 2. The molecule has 0 bridgehead atoms. The van der Waals surface area contributed by atoms with E-state index in [1.54, 1.807) is 7.11 Å². The SMILES string of the molecule is COCC(C)Nc1ncnc(N)c1OC. The summed E-state index contributed by atoms with van der Waals surface area (Å²) in [4.78, 5) is 7.88. The summed E-state index contributed by atoms with van der Waals surface area (Å²) in [6, 6.07) is 0.123. The summed E-state index contributed by atoms with van der Waals surface area (Å²) in [5.41, 5.74) is 5.63. The maximum atomic E-state index is 5.63. The molecule has 0 saturated carbocycles. The summed E-state index contributed by atoms with van der Waals surface area (Å²) < 4.78 is 10.1. The van der Waals surface area contributed by atoms with E-state index < -0.39 is 0 Å². The topological polar surface area (TPSA) is 82.3 Å². The van der Waals surface area contributed by atoms with Gasteiger partial charge in [-0.05, 0) is 6.92 Å². The van der Waals surface area contributed by atoms with Gasteiger partial charge in [-0.2, -0.15) is 0 Å². The van der Waals surface area contributed by atoms with Crippen molar-refractivity contribution in [3.8, 4) is 5.75 Å². The molecule has 0 aliphatic rings. The zero-order chi connectivity index (χ0) is 11.3. The zero-order valence-electron chi connectivity index (χ0n) is 9.15. The maximum absolute atomic E-state index is 5.63. The van der Waals surface area contributed by atoms with Crippen LogP contribution >= 0.6 is 0 Å². The molecule has 1 unspecified atom stereocenters. The highest BCUT2D eigenvalue weighted by molar-refractivity contribution is 5.61. The van der Waals surface area contributed by atoms with Gasteiger partial charge in [0, 0.05) is 13.2 Å². The molecule has 0 fully saturated rings. The number of nitrogen functional groups attached to an aromatic ring is 1. The van der Waals surface area contributed by atoms with Crippen LogP contribution in [-0.4, -0.2) is 36.8 Å². The van der Waals surface area contributed by atoms with Gasteiger partial charge in [0.2, 0.25) is 5.75 Å². The Labute approximate surface area is 88.8 Å². The molecule has 1 aromatic rings. The summed E-state index contributed by atoms with van der Waals surface area (Å²) in [6.07, 6.45) is 1.39. The number of ether oxygens (including phenoxy) is 2. The van der Waals surface area contributed by atoms with Crippen molar-refractivity contribution in [1.29, 1.82) is 0 Å². The molecule has 6 heteroatoms. The second-order valence-electron chi connectivity index (χ2n) is 3.14. The van der Waals surface area contributed by atoms with Crippen LogP contribution in [0.2, 0.25) is 0 Å². The van der Waals surface area contributed by atoms with Gasteiger partial charge in [-0.1, -0.05) is 0 Å². The lowest BCUT2D eigenvalue weighted by Crippen LogP contribution is -2.22. The summed E-state index contributed by atoms with van der Waals surface area (Å²) in [6.45, 7) is 2.55. The molecule has 0 aromatic carbocycles. The minimum atomic E-state index is 0.123. The Morgan fingerprint density at radius 3 is 2.80 bits per heavy atom. The van der Waals surface area contributed by atoms with Gasteiger partial charge < -0.3 is 20.5 Å². The summed E-state index contributed by atoms with van der Waals surface area (Å²) in [7, 11) is 3.17. The molecule has 1 heterocycles. The zero-order valence-corrected chi connectivity index (χ0v) is 9.15. The minimum absolute atomic E-state index is 0.123. The molecule has 1 rings (SSSR count). The molecule has 0 spiro atoms. The molecule has 1 atom stereocenters. The number of anilines is 2. The number of nitrogens with two attached hydrogens (primary N) is 1. The van der Waals surface area contributed by atoms with Crippen LogP contribution in [0.1, 0.15) is 6.92 Å². The minimum Gasteiger partial charge on any atom is -0.490 e. The van der Waals surface area contributed by atoms with Gasteiger partial charge in [0.25, 0.3) is 0 Å². The molecule has 6 nitrogen and oxygen atoms in total. The van der Waals surface area contributed by atoms with Crippen LogP contribution in [0.4, 0.5) is 11.6 Å². The fraction of sp³-hybridized carbons (Fsp3) is 0.556. The molecule has 1 aromatic heterocycles. The standard InChI is InChI=1S/C9H16N4O2/c1-6(4-14-2)13-9-7(15-3)8(10)11-5-12-9/h5-6H,4H2,1-3H3,(H3,10,11,12,13). The molecular weight excluding hydrogens is 196 g/mol. The van der Waals surface area contributed by atoms with Crippen molar-refractivity contribution in [2.45, 2.75) is 13.0 Å². The van der Waals surface area contributed by atoms with E-state index in [4.69, 9.17) is 15.2 Å². The first kappa shape index (κ1) is 11.5. The van der Waals surface area contributed by atoms with E-state index in [-0.39, 0.29) is 6.04 Å². The summed E-state index contributed by atoms with van der Waals surface area (Å²) >= 11 is 0. The van der Waals surface area contributed by atoms with Crippen LogP contribution < -0.4 is 15.8 Å². The summed E-state index contributed by atoms with van der Waals surface area (Å²) in [5, 5.41) is 3.12. The Morgan fingerprint density at radius 1 is 1.47 bits per heavy atom. The van der Waals surface area contributed by atoms with E-state index in [1.807, 2.05) is 6.92 Å². The van der Waals surface area contributed by atoms with Gasteiger partial charge in [-0.25, -0.2) is 9.97 Å². The van der Waals surface area contributed by atoms with Crippen LogP contribution in [0.5, 0.6) is 5.75 Å². The van der Waals surface area contributed by atoms with Gasteiger partial charge in [0.05, 0.1) is 13.7 Å². The van der Waals surface area contributed by atoms with Crippen molar-refractivity contribution >= 4 is 11.6 Å². The number of aromatic nitrogens is 2. The monoisotopic (exact) mass is 212 g/mol. The third-order valence-electron chi connectivity index (χ3n) is 1.84. The third kappa shape index (κ3) is 2.95. The van der Waals surface area contributed by atoms with Crippen molar-refractivity contribution in [3.63, 3.8) is 0 Å². The van der Waals surface area contributed by atoms with Gasteiger partial charge >= 0.3 is 0 Å². The predicted octanol–water partition coefficient (Wildman–Crippen LogP) is 0.514. The number of nitrogens with one attached hydrogen (secondary N) is 1. The first-order valence-corrected chi connectivity index (χ1v) is 4.59. The Morgan fingerprint density at radius 2 is 2.20 bits per heavy atom. The molecule has 0 aliphatic carbocycles. The first-order chi connectivity index (χ1) is 7.19. The number of nitrogens with zero attached hydrogens (tertiary/aromatic N) is 2. The van der Waals surface area contributed by atoms with Crippen LogP contribution in [0.3, 0.4) is 0 Å². The highest BCUT2D eigenvalue weighted by atomic mass is 16.5. The van der Waals surface area contributed by atoms with Gasteiger partial charge in [-0.3, -0.25) is 0 Å². The Balaban J connectivity index is 2.80. The fourth-order valence-corrected chi connectivity index (χ4v) is 1.22. The van der Waals surface area contributed by atoms with E-state index in [1.165, 1.54) is 13.4 Å².